The van der Waals surface area contributed by atoms with Crippen LogP contribution in [0.4, 0.5) is 0 Å². The first-order chi connectivity index (χ1) is 13.1. The standard InChI is InChI=1S/C23H23BrO3/c1-15(17-3-5-18(6-4-17)19-7-10-21(24)11-8-19)22-14-25-23(27-26-22)13-16-2-9-20(23)12-16/h3-8,10-11,16,20,22H,1-2,9,12-14H2. The zero-order valence-corrected chi connectivity index (χ0v) is 16.8. The van der Waals surface area contributed by atoms with Crippen molar-refractivity contribution in [2.75, 3.05) is 6.61 Å². The van der Waals surface area contributed by atoms with Gasteiger partial charge in [0.2, 0.25) is 5.79 Å². The maximum absolute atomic E-state index is 6.21. The summed E-state index contributed by atoms with van der Waals surface area (Å²) < 4.78 is 7.29. The van der Waals surface area contributed by atoms with Gasteiger partial charge in [-0.2, -0.15) is 0 Å². The second-order valence-corrected chi connectivity index (χ2v) is 8.90. The van der Waals surface area contributed by atoms with Crippen molar-refractivity contribution < 1.29 is 14.5 Å². The van der Waals surface area contributed by atoms with E-state index in [1.807, 2.05) is 0 Å². The molecule has 27 heavy (non-hydrogen) atoms. The van der Waals surface area contributed by atoms with Gasteiger partial charge in [0.05, 0.1) is 6.61 Å². The molecule has 1 aliphatic heterocycles. The number of halogens is 1. The van der Waals surface area contributed by atoms with Crippen LogP contribution in [0.5, 0.6) is 0 Å². The van der Waals surface area contributed by atoms with Gasteiger partial charge in [0.25, 0.3) is 0 Å². The molecular formula is C23H23BrO3. The van der Waals surface area contributed by atoms with Crippen LogP contribution in [-0.2, 0) is 14.5 Å². The average Bonchev–Trinajstić information content (AvgIpc) is 3.30. The summed E-state index contributed by atoms with van der Waals surface area (Å²) in [5, 5.41) is 0. The fourth-order valence-electron chi connectivity index (χ4n) is 4.78. The van der Waals surface area contributed by atoms with Gasteiger partial charge >= 0.3 is 0 Å². The molecule has 5 rings (SSSR count). The van der Waals surface area contributed by atoms with Crippen molar-refractivity contribution in [3.05, 3.63) is 65.1 Å². The minimum Gasteiger partial charge on any atom is -0.344 e. The number of benzene rings is 2. The predicted molar refractivity (Wildman–Crippen MR) is 109 cm³/mol. The Labute approximate surface area is 168 Å². The molecule has 3 nitrogen and oxygen atoms in total. The zero-order chi connectivity index (χ0) is 18.4. The highest BCUT2D eigenvalue weighted by Gasteiger charge is 2.56. The van der Waals surface area contributed by atoms with E-state index in [1.165, 1.54) is 30.4 Å². The van der Waals surface area contributed by atoms with Gasteiger partial charge in [-0.25, -0.2) is 9.78 Å². The number of hydrogen-bond acceptors (Lipinski definition) is 3. The van der Waals surface area contributed by atoms with Crippen LogP contribution in [0.3, 0.4) is 0 Å². The Balaban J connectivity index is 1.26. The van der Waals surface area contributed by atoms with Gasteiger partial charge in [0.1, 0.15) is 6.10 Å². The summed E-state index contributed by atoms with van der Waals surface area (Å²) in [7, 11) is 0. The molecule has 140 valence electrons. The summed E-state index contributed by atoms with van der Waals surface area (Å²) in [6, 6.07) is 16.7. The van der Waals surface area contributed by atoms with Crippen LogP contribution in [0.2, 0.25) is 0 Å². The molecule has 0 amide bonds. The summed E-state index contributed by atoms with van der Waals surface area (Å²) in [5.74, 6) is 0.733. The van der Waals surface area contributed by atoms with Crippen molar-refractivity contribution in [1.29, 1.82) is 0 Å². The largest absolute Gasteiger partial charge is 0.344 e. The minimum absolute atomic E-state index is 0.256. The monoisotopic (exact) mass is 426 g/mol. The van der Waals surface area contributed by atoms with E-state index in [-0.39, 0.29) is 6.10 Å². The smallest absolute Gasteiger partial charge is 0.204 e. The lowest BCUT2D eigenvalue weighted by Gasteiger charge is -2.41. The molecule has 4 unspecified atom stereocenters. The average molecular weight is 427 g/mol. The van der Waals surface area contributed by atoms with E-state index < -0.39 is 5.79 Å². The first-order valence-electron chi connectivity index (χ1n) is 9.66. The molecule has 2 aromatic rings. The van der Waals surface area contributed by atoms with E-state index in [1.54, 1.807) is 0 Å². The van der Waals surface area contributed by atoms with E-state index in [9.17, 15) is 0 Å². The zero-order valence-electron chi connectivity index (χ0n) is 15.2. The minimum atomic E-state index is -0.495. The third kappa shape index (κ3) is 3.19. The Morgan fingerprint density at radius 3 is 2.26 bits per heavy atom. The lowest BCUT2D eigenvalue weighted by atomic mass is 9.93. The molecule has 0 aromatic heterocycles. The lowest BCUT2D eigenvalue weighted by Crippen LogP contribution is -2.48. The normalized spacial score (nSPS) is 32.1. The quantitative estimate of drug-likeness (QED) is 0.563. The van der Waals surface area contributed by atoms with Crippen molar-refractivity contribution >= 4 is 21.5 Å². The predicted octanol–water partition coefficient (Wildman–Crippen LogP) is 5.99. The Morgan fingerprint density at radius 1 is 1.00 bits per heavy atom. The molecule has 3 fully saturated rings. The van der Waals surface area contributed by atoms with E-state index >= 15 is 0 Å². The molecule has 0 N–H and O–H groups in total. The van der Waals surface area contributed by atoms with Crippen molar-refractivity contribution in [1.82, 2.24) is 0 Å². The van der Waals surface area contributed by atoms with Gasteiger partial charge in [-0.05, 0) is 59.6 Å². The van der Waals surface area contributed by atoms with E-state index in [2.05, 4.69) is 71.0 Å². The highest BCUT2D eigenvalue weighted by atomic mass is 79.9. The topological polar surface area (TPSA) is 27.7 Å². The van der Waals surface area contributed by atoms with Crippen LogP contribution in [0, 0.1) is 11.8 Å². The van der Waals surface area contributed by atoms with Crippen LogP contribution < -0.4 is 0 Å². The summed E-state index contributed by atoms with van der Waals surface area (Å²) in [5.41, 5.74) is 4.32. The van der Waals surface area contributed by atoms with Crippen molar-refractivity contribution in [3.63, 3.8) is 0 Å². The SMILES string of the molecule is C=C(c1ccc(-c2ccc(Br)cc2)cc1)C1COC2(CC3CCC2C3)OO1. The third-order valence-corrected chi connectivity index (χ3v) is 6.87. The first kappa shape index (κ1) is 17.6. The van der Waals surface area contributed by atoms with Gasteiger partial charge in [-0.15, -0.1) is 0 Å². The molecule has 2 aliphatic carbocycles. The molecule has 4 atom stereocenters. The fraction of sp³-hybridized carbons (Fsp3) is 0.391. The molecule has 4 heteroatoms. The Bertz CT molecular complexity index is 835. The molecule has 1 spiro atoms. The molecule has 2 bridgehead atoms. The molecule has 1 heterocycles. The van der Waals surface area contributed by atoms with Crippen molar-refractivity contribution in [2.24, 2.45) is 11.8 Å². The van der Waals surface area contributed by atoms with Crippen molar-refractivity contribution in [2.45, 2.75) is 37.6 Å². The summed E-state index contributed by atoms with van der Waals surface area (Å²) in [6.45, 7) is 4.74. The molecule has 3 aliphatic rings. The van der Waals surface area contributed by atoms with E-state index in [0.717, 1.165) is 27.9 Å². The second kappa shape index (κ2) is 6.85. The van der Waals surface area contributed by atoms with Gasteiger partial charge in [0, 0.05) is 16.8 Å². The summed E-state index contributed by atoms with van der Waals surface area (Å²) in [4.78, 5) is 11.6. The number of hydrogen-bond donors (Lipinski definition) is 0. The molecule has 2 saturated carbocycles. The Kier molecular flexibility index (Phi) is 4.47. The van der Waals surface area contributed by atoms with E-state index in [0.29, 0.717) is 12.5 Å². The van der Waals surface area contributed by atoms with E-state index in [4.69, 9.17) is 14.5 Å². The Morgan fingerprint density at radius 2 is 1.70 bits per heavy atom. The summed E-state index contributed by atoms with van der Waals surface area (Å²) in [6.07, 6.45) is 4.43. The number of ether oxygens (including phenoxy) is 1. The summed E-state index contributed by atoms with van der Waals surface area (Å²) >= 11 is 3.48. The molecule has 2 aromatic carbocycles. The van der Waals surface area contributed by atoms with Crippen LogP contribution >= 0.6 is 15.9 Å². The lowest BCUT2D eigenvalue weighted by molar-refractivity contribution is -0.488. The van der Waals surface area contributed by atoms with Crippen LogP contribution in [0.25, 0.3) is 16.7 Å². The third-order valence-electron chi connectivity index (χ3n) is 6.34. The molecule has 0 radical (unpaired) electrons. The number of fused-ring (bicyclic) bond motifs is 3. The maximum atomic E-state index is 6.21. The maximum Gasteiger partial charge on any atom is 0.204 e. The first-order valence-corrected chi connectivity index (χ1v) is 10.5. The highest BCUT2D eigenvalue weighted by Crippen LogP contribution is 2.54. The van der Waals surface area contributed by atoms with Gasteiger partial charge in [-0.3, -0.25) is 0 Å². The van der Waals surface area contributed by atoms with Crippen molar-refractivity contribution in [3.8, 4) is 11.1 Å². The van der Waals surface area contributed by atoms with Gasteiger partial charge < -0.3 is 4.74 Å². The number of rotatable bonds is 3. The van der Waals surface area contributed by atoms with Gasteiger partial charge in [0.15, 0.2) is 0 Å². The second-order valence-electron chi connectivity index (χ2n) is 7.98. The molecule has 1 saturated heterocycles. The van der Waals surface area contributed by atoms with Crippen LogP contribution in [0.15, 0.2) is 59.6 Å². The van der Waals surface area contributed by atoms with Crippen LogP contribution in [0.1, 0.15) is 31.2 Å². The van der Waals surface area contributed by atoms with Gasteiger partial charge in [-0.1, -0.05) is 58.9 Å². The highest BCUT2D eigenvalue weighted by molar-refractivity contribution is 9.10. The van der Waals surface area contributed by atoms with Crippen LogP contribution in [-0.4, -0.2) is 18.5 Å². The fourth-order valence-corrected chi connectivity index (χ4v) is 5.04. The Hall–Kier alpha value is -1.46. The molecular weight excluding hydrogens is 404 g/mol.